The van der Waals surface area contributed by atoms with Crippen molar-refractivity contribution in [2.45, 2.75) is 60.5 Å². The van der Waals surface area contributed by atoms with E-state index in [9.17, 15) is 4.79 Å². The molecule has 0 N–H and O–H groups in total. The second-order valence-electron chi connectivity index (χ2n) is 6.45. The van der Waals surface area contributed by atoms with E-state index in [1.54, 1.807) is 4.90 Å². The van der Waals surface area contributed by atoms with Gasteiger partial charge in [-0.05, 0) is 59.6 Å². The molecular formula is C18H29NO3. The van der Waals surface area contributed by atoms with Gasteiger partial charge in [0.05, 0.1) is 12.2 Å². The standard InChI is InChI=1S/C18H29NO3/c1-8-10-15-16(14(4)13(3)9-2)21-12-11-19(15)17(20)22-18(5,6)7/h8,10H,9,11-12H2,1-7H3/b10-8-,14-13+. The molecule has 0 aromatic rings. The van der Waals surface area contributed by atoms with E-state index in [-0.39, 0.29) is 6.09 Å². The fourth-order valence-corrected chi connectivity index (χ4v) is 2.15. The molecule has 0 aromatic carbocycles. The van der Waals surface area contributed by atoms with Crippen LogP contribution in [0.3, 0.4) is 0 Å². The summed E-state index contributed by atoms with van der Waals surface area (Å²) in [4.78, 5) is 14.1. The molecule has 0 spiro atoms. The van der Waals surface area contributed by atoms with Crippen LogP contribution in [0.25, 0.3) is 0 Å². The van der Waals surface area contributed by atoms with Gasteiger partial charge in [-0.15, -0.1) is 0 Å². The lowest BCUT2D eigenvalue weighted by atomic mass is 10.0. The van der Waals surface area contributed by atoms with Gasteiger partial charge in [-0.1, -0.05) is 18.6 Å². The Hall–Kier alpha value is -1.71. The molecule has 0 fully saturated rings. The predicted octanol–water partition coefficient (Wildman–Crippen LogP) is 4.79. The monoisotopic (exact) mass is 307 g/mol. The smallest absolute Gasteiger partial charge is 0.415 e. The maximum Gasteiger partial charge on any atom is 0.415 e. The maximum atomic E-state index is 12.5. The van der Waals surface area contributed by atoms with Crippen LogP contribution in [0.5, 0.6) is 0 Å². The molecule has 0 atom stereocenters. The van der Waals surface area contributed by atoms with Crippen molar-refractivity contribution in [3.63, 3.8) is 0 Å². The average Bonchev–Trinajstić information content (AvgIpc) is 2.44. The van der Waals surface area contributed by atoms with Crippen molar-refractivity contribution in [2.24, 2.45) is 0 Å². The molecule has 1 aliphatic heterocycles. The number of hydrogen-bond acceptors (Lipinski definition) is 3. The Morgan fingerprint density at radius 3 is 2.50 bits per heavy atom. The van der Waals surface area contributed by atoms with Crippen LogP contribution in [0.4, 0.5) is 4.79 Å². The molecule has 124 valence electrons. The van der Waals surface area contributed by atoms with Gasteiger partial charge in [0.1, 0.15) is 18.0 Å². The molecule has 0 aromatic heterocycles. The van der Waals surface area contributed by atoms with E-state index in [2.05, 4.69) is 13.8 Å². The van der Waals surface area contributed by atoms with Crippen molar-refractivity contribution in [1.29, 1.82) is 0 Å². The van der Waals surface area contributed by atoms with Crippen LogP contribution in [0.2, 0.25) is 0 Å². The third-order valence-electron chi connectivity index (χ3n) is 3.53. The first-order chi connectivity index (χ1) is 10.2. The number of allylic oxidation sites excluding steroid dienone is 4. The van der Waals surface area contributed by atoms with Crippen molar-refractivity contribution in [2.75, 3.05) is 13.2 Å². The normalized spacial score (nSPS) is 17.5. The number of nitrogens with zero attached hydrogens (tertiary/aromatic N) is 1. The van der Waals surface area contributed by atoms with E-state index in [1.165, 1.54) is 5.57 Å². The van der Waals surface area contributed by atoms with Crippen molar-refractivity contribution in [3.05, 3.63) is 34.8 Å². The summed E-state index contributed by atoms with van der Waals surface area (Å²) in [6, 6.07) is 0. The molecule has 4 heteroatoms. The molecular weight excluding hydrogens is 278 g/mol. The Morgan fingerprint density at radius 1 is 1.36 bits per heavy atom. The number of ether oxygens (including phenoxy) is 2. The minimum absolute atomic E-state index is 0.330. The minimum Gasteiger partial charge on any atom is -0.489 e. The van der Waals surface area contributed by atoms with Gasteiger partial charge in [-0.2, -0.15) is 0 Å². The van der Waals surface area contributed by atoms with Gasteiger partial charge < -0.3 is 9.47 Å². The fourth-order valence-electron chi connectivity index (χ4n) is 2.15. The molecule has 1 rings (SSSR count). The zero-order valence-electron chi connectivity index (χ0n) is 14.9. The van der Waals surface area contributed by atoms with Gasteiger partial charge in [-0.25, -0.2) is 4.79 Å². The van der Waals surface area contributed by atoms with E-state index in [4.69, 9.17) is 9.47 Å². The van der Waals surface area contributed by atoms with E-state index >= 15 is 0 Å². The Bertz CT molecular complexity index is 507. The lowest BCUT2D eigenvalue weighted by molar-refractivity contribution is 0.0224. The van der Waals surface area contributed by atoms with Crippen LogP contribution >= 0.6 is 0 Å². The molecule has 4 nitrogen and oxygen atoms in total. The summed E-state index contributed by atoms with van der Waals surface area (Å²) in [7, 11) is 0. The lowest BCUT2D eigenvalue weighted by Gasteiger charge is -2.33. The highest BCUT2D eigenvalue weighted by Crippen LogP contribution is 2.28. The first-order valence-electron chi connectivity index (χ1n) is 7.88. The molecule has 0 saturated heterocycles. The zero-order chi connectivity index (χ0) is 16.9. The van der Waals surface area contributed by atoms with E-state index < -0.39 is 5.60 Å². The van der Waals surface area contributed by atoms with Crippen LogP contribution < -0.4 is 0 Å². The second kappa shape index (κ2) is 7.52. The highest BCUT2D eigenvalue weighted by Gasteiger charge is 2.29. The topological polar surface area (TPSA) is 38.8 Å². The molecule has 0 unspecified atom stereocenters. The second-order valence-corrected chi connectivity index (χ2v) is 6.45. The molecule has 0 bridgehead atoms. The Balaban J connectivity index is 3.26. The third kappa shape index (κ3) is 4.65. The van der Waals surface area contributed by atoms with Crippen LogP contribution in [-0.4, -0.2) is 29.7 Å². The summed E-state index contributed by atoms with van der Waals surface area (Å²) >= 11 is 0. The van der Waals surface area contributed by atoms with Gasteiger partial charge >= 0.3 is 6.09 Å². The number of amides is 1. The number of hydrogen-bond donors (Lipinski definition) is 0. The van der Waals surface area contributed by atoms with Gasteiger partial charge in [0, 0.05) is 0 Å². The van der Waals surface area contributed by atoms with Crippen LogP contribution in [0.1, 0.15) is 54.9 Å². The SMILES string of the molecule is C/C=C\C1=C(C(/C)=C(\C)CC)OCCN1C(=O)OC(C)(C)C. The summed E-state index contributed by atoms with van der Waals surface area (Å²) < 4.78 is 11.4. The van der Waals surface area contributed by atoms with Gasteiger partial charge in [0.15, 0.2) is 0 Å². The molecule has 1 heterocycles. The van der Waals surface area contributed by atoms with E-state index in [0.717, 1.165) is 23.5 Å². The Morgan fingerprint density at radius 2 is 2.00 bits per heavy atom. The molecule has 0 radical (unpaired) electrons. The molecule has 1 amide bonds. The van der Waals surface area contributed by atoms with Crippen molar-refractivity contribution < 1.29 is 14.3 Å². The zero-order valence-corrected chi connectivity index (χ0v) is 14.9. The van der Waals surface area contributed by atoms with Crippen molar-refractivity contribution in [1.82, 2.24) is 4.90 Å². The summed E-state index contributed by atoms with van der Waals surface area (Å²) in [5.41, 5.74) is 2.60. The van der Waals surface area contributed by atoms with Crippen LogP contribution in [-0.2, 0) is 9.47 Å². The third-order valence-corrected chi connectivity index (χ3v) is 3.53. The minimum atomic E-state index is -0.513. The predicted molar refractivity (Wildman–Crippen MR) is 89.4 cm³/mol. The Kier molecular flexibility index (Phi) is 6.27. The van der Waals surface area contributed by atoms with Crippen molar-refractivity contribution >= 4 is 6.09 Å². The van der Waals surface area contributed by atoms with Gasteiger partial charge in [0.2, 0.25) is 0 Å². The van der Waals surface area contributed by atoms with Crippen LogP contribution in [0, 0.1) is 0 Å². The summed E-state index contributed by atoms with van der Waals surface area (Å²) in [6.45, 7) is 14.8. The van der Waals surface area contributed by atoms with Gasteiger partial charge in [-0.3, -0.25) is 4.90 Å². The highest BCUT2D eigenvalue weighted by molar-refractivity contribution is 5.72. The molecule has 22 heavy (non-hydrogen) atoms. The quantitative estimate of drug-likeness (QED) is 0.752. The van der Waals surface area contributed by atoms with E-state index in [1.807, 2.05) is 46.8 Å². The average molecular weight is 307 g/mol. The summed E-state index contributed by atoms with van der Waals surface area (Å²) in [5, 5.41) is 0. The first kappa shape index (κ1) is 18.3. The Labute approximate surface area is 134 Å². The van der Waals surface area contributed by atoms with Gasteiger partial charge in [0.25, 0.3) is 0 Å². The maximum absolute atomic E-state index is 12.5. The van der Waals surface area contributed by atoms with Crippen LogP contribution in [0.15, 0.2) is 34.8 Å². The number of carbonyl (C=O) groups is 1. The van der Waals surface area contributed by atoms with Crippen molar-refractivity contribution in [3.8, 4) is 0 Å². The molecule has 0 saturated carbocycles. The number of carbonyl (C=O) groups excluding carboxylic acids is 1. The molecule has 1 aliphatic rings. The summed E-state index contributed by atoms with van der Waals surface area (Å²) in [6.07, 6.45) is 4.44. The largest absolute Gasteiger partial charge is 0.489 e. The van der Waals surface area contributed by atoms with E-state index in [0.29, 0.717) is 13.2 Å². The summed E-state index contributed by atoms with van der Waals surface area (Å²) in [5.74, 6) is 0.773. The first-order valence-corrected chi connectivity index (χ1v) is 7.88. The lowest BCUT2D eigenvalue weighted by Crippen LogP contribution is -2.40. The molecule has 0 aliphatic carbocycles. The fraction of sp³-hybridized carbons (Fsp3) is 0.611. The highest BCUT2D eigenvalue weighted by atomic mass is 16.6. The number of rotatable bonds is 3.